The van der Waals surface area contributed by atoms with E-state index in [1.165, 1.54) is 12.1 Å². The lowest BCUT2D eigenvalue weighted by Crippen LogP contribution is -2.41. The minimum absolute atomic E-state index is 0.0400. The van der Waals surface area contributed by atoms with Crippen molar-refractivity contribution in [3.63, 3.8) is 0 Å². The Morgan fingerprint density at radius 1 is 1.19 bits per heavy atom. The third-order valence-electron chi connectivity index (χ3n) is 4.58. The second kappa shape index (κ2) is 9.85. The first-order chi connectivity index (χ1) is 16.8. The van der Waals surface area contributed by atoms with Crippen LogP contribution in [0.15, 0.2) is 46.1 Å². The van der Waals surface area contributed by atoms with Gasteiger partial charge in [0.05, 0.1) is 30.0 Å². The number of esters is 1. The molecule has 1 aromatic carbocycles. The van der Waals surface area contributed by atoms with Crippen molar-refractivity contribution in [2.45, 2.75) is 6.18 Å². The first-order valence-electron chi connectivity index (χ1n) is 9.55. The minimum atomic E-state index is -5.05. The summed E-state index contributed by atoms with van der Waals surface area (Å²) in [6.45, 7) is -0.451. The Bertz CT molecular complexity index is 1450. The number of rotatable bonds is 7. The van der Waals surface area contributed by atoms with E-state index < -0.39 is 63.6 Å². The molecule has 0 atom stereocenters. The maximum Gasteiger partial charge on any atom is 0.431 e. The van der Waals surface area contributed by atoms with Crippen molar-refractivity contribution in [1.82, 2.24) is 14.1 Å². The molecule has 0 spiro atoms. The standard InChI is InChI=1S/C20H14F4N4O8/c1-26-15(20(22,23)24)7-17(29)27(19(26)31)12-6-14(13(28(32)33)5-11(12)21)36-10-3-4-16(25-8-10)35-9-18(30)34-2/h3-8H,9H2,1-2H3. The number of hydrogen-bond donors (Lipinski definition) is 0. The van der Waals surface area contributed by atoms with Crippen molar-refractivity contribution in [3.8, 4) is 23.1 Å². The van der Waals surface area contributed by atoms with Crippen molar-refractivity contribution < 1.29 is 41.5 Å². The third kappa shape index (κ3) is 5.31. The Morgan fingerprint density at radius 2 is 1.89 bits per heavy atom. The number of halogens is 4. The summed E-state index contributed by atoms with van der Waals surface area (Å²) in [5.74, 6) is -2.97. The zero-order chi connectivity index (χ0) is 26.8. The van der Waals surface area contributed by atoms with E-state index in [9.17, 15) is 42.1 Å². The number of carbonyl (C=O) groups is 1. The van der Waals surface area contributed by atoms with Crippen LogP contribution in [0.5, 0.6) is 17.4 Å². The molecule has 0 bridgehead atoms. The number of nitrogens with zero attached hydrogens (tertiary/aromatic N) is 4. The molecule has 0 fully saturated rings. The quantitative estimate of drug-likeness (QED) is 0.201. The molecule has 0 radical (unpaired) electrons. The number of aromatic nitrogens is 3. The van der Waals surface area contributed by atoms with E-state index in [4.69, 9.17) is 9.47 Å². The highest BCUT2D eigenvalue weighted by atomic mass is 19.4. The first-order valence-corrected chi connectivity index (χ1v) is 9.55. The SMILES string of the molecule is COC(=O)COc1ccc(Oc2cc(-n3c(=O)cc(C(F)(F)F)n(C)c3=O)c(F)cc2[N+](=O)[O-])cn1. The van der Waals surface area contributed by atoms with Crippen molar-refractivity contribution in [3.05, 3.63) is 79.0 Å². The molecular formula is C20H14F4N4O8. The number of carbonyl (C=O) groups excluding carboxylic acids is 1. The predicted molar refractivity (Wildman–Crippen MR) is 111 cm³/mol. The van der Waals surface area contributed by atoms with Gasteiger partial charge in [0.2, 0.25) is 11.6 Å². The zero-order valence-corrected chi connectivity index (χ0v) is 18.2. The van der Waals surface area contributed by atoms with Crippen LogP contribution in [0.1, 0.15) is 5.69 Å². The van der Waals surface area contributed by atoms with Crippen molar-refractivity contribution >= 4 is 11.7 Å². The number of hydrogen-bond acceptors (Lipinski definition) is 9. The summed E-state index contributed by atoms with van der Waals surface area (Å²) in [6, 6.07) is 3.49. The highest BCUT2D eigenvalue weighted by Crippen LogP contribution is 2.35. The zero-order valence-electron chi connectivity index (χ0n) is 18.2. The molecule has 0 aliphatic rings. The van der Waals surface area contributed by atoms with Crippen LogP contribution in [0.3, 0.4) is 0 Å². The molecule has 190 valence electrons. The first kappa shape index (κ1) is 25.9. The van der Waals surface area contributed by atoms with Crippen molar-refractivity contribution in [2.75, 3.05) is 13.7 Å². The van der Waals surface area contributed by atoms with Gasteiger partial charge in [-0.05, 0) is 6.07 Å². The van der Waals surface area contributed by atoms with Crippen LogP contribution >= 0.6 is 0 Å². The van der Waals surface area contributed by atoms with E-state index in [-0.39, 0.29) is 26.8 Å². The third-order valence-corrected chi connectivity index (χ3v) is 4.58. The van der Waals surface area contributed by atoms with E-state index in [1.54, 1.807) is 0 Å². The topological polar surface area (TPSA) is 145 Å². The second-order valence-corrected chi connectivity index (χ2v) is 6.87. The second-order valence-electron chi connectivity index (χ2n) is 6.87. The molecule has 0 aliphatic carbocycles. The number of methoxy groups -OCH3 is 1. The fraction of sp³-hybridized carbons (Fsp3) is 0.200. The monoisotopic (exact) mass is 514 g/mol. The van der Waals surface area contributed by atoms with Crippen LogP contribution in [0.25, 0.3) is 5.69 Å². The molecule has 36 heavy (non-hydrogen) atoms. The molecule has 3 rings (SSSR count). The molecule has 0 amide bonds. The number of nitro benzene ring substituents is 1. The van der Waals surface area contributed by atoms with Crippen molar-refractivity contribution in [1.29, 1.82) is 0 Å². The van der Waals surface area contributed by atoms with Crippen LogP contribution < -0.4 is 20.7 Å². The fourth-order valence-electron chi connectivity index (χ4n) is 2.88. The minimum Gasteiger partial charge on any atom is -0.466 e. The van der Waals surface area contributed by atoms with E-state index in [2.05, 4.69) is 9.72 Å². The average Bonchev–Trinajstić information content (AvgIpc) is 2.81. The highest BCUT2D eigenvalue weighted by Gasteiger charge is 2.35. The summed E-state index contributed by atoms with van der Waals surface area (Å²) in [7, 11) is 1.87. The molecule has 0 aliphatic heterocycles. The van der Waals surface area contributed by atoms with Gasteiger partial charge in [0.15, 0.2) is 12.4 Å². The Labute approximate surface area is 197 Å². The summed E-state index contributed by atoms with van der Waals surface area (Å²) in [5.41, 5.74) is -6.46. The van der Waals surface area contributed by atoms with Crippen LogP contribution in [-0.4, -0.2) is 38.7 Å². The molecule has 16 heteroatoms. The summed E-state index contributed by atoms with van der Waals surface area (Å²) in [6.07, 6.45) is -4.02. The van der Waals surface area contributed by atoms with E-state index in [1.807, 2.05) is 0 Å². The molecule has 2 aromatic heterocycles. The molecular weight excluding hydrogens is 500 g/mol. The molecule has 0 N–H and O–H groups in total. The molecule has 0 saturated carbocycles. The average molecular weight is 514 g/mol. The van der Waals surface area contributed by atoms with Crippen molar-refractivity contribution in [2.24, 2.45) is 7.05 Å². The summed E-state index contributed by atoms with van der Waals surface area (Å²) in [4.78, 5) is 50.1. The van der Waals surface area contributed by atoms with Gasteiger partial charge < -0.3 is 14.2 Å². The molecule has 0 saturated heterocycles. The van der Waals surface area contributed by atoms with Gasteiger partial charge >= 0.3 is 23.5 Å². The van der Waals surface area contributed by atoms with Crippen LogP contribution in [0.2, 0.25) is 0 Å². The summed E-state index contributed by atoms with van der Waals surface area (Å²) in [5, 5.41) is 11.4. The van der Waals surface area contributed by atoms with E-state index >= 15 is 0 Å². The van der Waals surface area contributed by atoms with Gasteiger partial charge in [-0.15, -0.1) is 0 Å². The molecule has 2 heterocycles. The van der Waals surface area contributed by atoms with Gasteiger partial charge in [0.25, 0.3) is 5.56 Å². The lowest BCUT2D eigenvalue weighted by atomic mass is 10.2. The molecule has 3 aromatic rings. The Balaban J connectivity index is 2.06. The number of ether oxygens (including phenoxy) is 3. The normalized spacial score (nSPS) is 11.2. The van der Waals surface area contributed by atoms with Gasteiger partial charge in [0.1, 0.15) is 11.4 Å². The number of pyridine rings is 1. The van der Waals surface area contributed by atoms with Gasteiger partial charge in [-0.3, -0.25) is 19.5 Å². The number of nitro groups is 1. The fourth-order valence-corrected chi connectivity index (χ4v) is 2.88. The van der Waals surface area contributed by atoms with Crippen LogP contribution in [0, 0.1) is 15.9 Å². The highest BCUT2D eigenvalue weighted by molar-refractivity contribution is 5.70. The van der Waals surface area contributed by atoms with Crippen LogP contribution in [-0.2, 0) is 22.8 Å². The lowest BCUT2D eigenvalue weighted by molar-refractivity contribution is -0.385. The summed E-state index contributed by atoms with van der Waals surface area (Å²) < 4.78 is 68.9. The number of alkyl halides is 3. The van der Waals surface area contributed by atoms with E-state index in [0.29, 0.717) is 12.1 Å². The maximum absolute atomic E-state index is 14.7. The largest absolute Gasteiger partial charge is 0.466 e. The summed E-state index contributed by atoms with van der Waals surface area (Å²) >= 11 is 0. The van der Waals surface area contributed by atoms with Gasteiger partial charge in [0, 0.05) is 25.2 Å². The lowest BCUT2D eigenvalue weighted by Gasteiger charge is -2.15. The smallest absolute Gasteiger partial charge is 0.431 e. The van der Waals surface area contributed by atoms with Gasteiger partial charge in [-0.2, -0.15) is 13.2 Å². The van der Waals surface area contributed by atoms with E-state index in [0.717, 1.165) is 20.4 Å². The molecule has 12 nitrogen and oxygen atoms in total. The number of benzene rings is 1. The van der Waals surface area contributed by atoms with Crippen LogP contribution in [0.4, 0.5) is 23.2 Å². The Kier molecular flexibility index (Phi) is 7.07. The van der Waals surface area contributed by atoms with Gasteiger partial charge in [-0.1, -0.05) is 0 Å². The van der Waals surface area contributed by atoms with Gasteiger partial charge in [-0.25, -0.2) is 23.5 Å². The molecule has 0 unspecified atom stereocenters. The Hall–Kier alpha value is -4.76. The Morgan fingerprint density at radius 3 is 2.44 bits per heavy atom. The predicted octanol–water partition coefficient (Wildman–Crippen LogP) is 2.34. The maximum atomic E-state index is 14.7.